The lowest BCUT2D eigenvalue weighted by Gasteiger charge is -2.36. The summed E-state index contributed by atoms with van der Waals surface area (Å²) >= 11 is 6.50. The maximum Gasteiger partial charge on any atom is 0.0643 e. The minimum atomic E-state index is 0.222. The molecule has 19 heavy (non-hydrogen) atoms. The number of hydrogen-bond acceptors (Lipinski definition) is 2. The average molecular weight is 279 g/mol. The van der Waals surface area contributed by atoms with Gasteiger partial charge in [-0.25, -0.2) is 0 Å². The third-order valence-electron chi connectivity index (χ3n) is 4.40. The van der Waals surface area contributed by atoms with E-state index in [2.05, 4.69) is 36.2 Å². The number of nitrogens with one attached hydrogen (secondary N) is 1. The van der Waals surface area contributed by atoms with Crippen molar-refractivity contribution < 1.29 is 0 Å². The summed E-state index contributed by atoms with van der Waals surface area (Å²) in [6.07, 6.45) is 5.15. The highest BCUT2D eigenvalue weighted by molar-refractivity contribution is 6.33. The quantitative estimate of drug-likeness (QED) is 0.896. The van der Waals surface area contributed by atoms with Crippen LogP contribution in [0.3, 0.4) is 0 Å². The van der Waals surface area contributed by atoms with Crippen LogP contribution in [0.15, 0.2) is 18.2 Å². The fourth-order valence-corrected chi connectivity index (χ4v) is 3.36. The summed E-state index contributed by atoms with van der Waals surface area (Å²) in [7, 11) is 0. The second kappa shape index (κ2) is 4.99. The van der Waals surface area contributed by atoms with E-state index >= 15 is 0 Å². The van der Waals surface area contributed by atoms with E-state index in [0.29, 0.717) is 0 Å². The summed E-state index contributed by atoms with van der Waals surface area (Å²) < 4.78 is 0. The first-order valence-corrected chi connectivity index (χ1v) is 7.74. The van der Waals surface area contributed by atoms with Crippen molar-refractivity contribution in [2.75, 3.05) is 11.4 Å². The molecule has 1 saturated carbocycles. The van der Waals surface area contributed by atoms with Crippen LogP contribution in [0, 0.1) is 0 Å². The molecule has 0 atom stereocenters. The van der Waals surface area contributed by atoms with Gasteiger partial charge in [0.25, 0.3) is 0 Å². The average Bonchev–Trinajstić information content (AvgIpc) is 3.11. The minimum absolute atomic E-state index is 0.222. The molecule has 0 aromatic heterocycles. The van der Waals surface area contributed by atoms with E-state index in [1.165, 1.54) is 36.9 Å². The molecule has 0 bridgehead atoms. The predicted molar refractivity (Wildman–Crippen MR) is 82.0 cm³/mol. The molecule has 0 spiro atoms. The zero-order valence-electron chi connectivity index (χ0n) is 11.9. The molecule has 1 aliphatic heterocycles. The summed E-state index contributed by atoms with van der Waals surface area (Å²) in [5.41, 5.74) is 2.81. The van der Waals surface area contributed by atoms with Crippen molar-refractivity contribution in [3.05, 3.63) is 28.8 Å². The van der Waals surface area contributed by atoms with Crippen molar-refractivity contribution >= 4 is 17.3 Å². The number of rotatable bonds is 4. The smallest absolute Gasteiger partial charge is 0.0643 e. The lowest BCUT2D eigenvalue weighted by Crippen LogP contribution is -2.39. The van der Waals surface area contributed by atoms with Crippen molar-refractivity contribution in [3.63, 3.8) is 0 Å². The molecule has 0 unspecified atom stereocenters. The molecule has 3 heteroatoms. The van der Waals surface area contributed by atoms with Crippen LogP contribution in [-0.2, 0) is 6.54 Å². The highest BCUT2D eigenvalue weighted by atomic mass is 35.5. The monoisotopic (exact) mass is 278 g/mol. The molecule has 2 nitrogen and oxygen atoms in total. The second-order valence-electron chi connectivity index (χ2n) is 6.47. The lowest BCUT2D eigenvalue weighted by molar-refractivity contribution is 0.516. The first-order valence-electron chi connectivity index (χ1n) is 7.36. The van der Waals surface area contributed by atoms with Crippen LogP contribution >= 0.6 is 11.6 Å². The number of halogens is 1. The molecule has 1 aromatic rings. The zero-order valence-corrected chi connectivity index (χ0v) is 12.6. The summed E-state index contributed by atoms with van der Waals surface area (Å²) in [6, 6.07) is 7.04. The van der Waals surface area contributed by atoms with Crippen molar-refractivity contribution in [2.45, 2.75) is 57.7 Å². The van der Waals surface area contributed by atoms with Gasteiger partial charge in [0.05, 0.1) is 10.7 Å². The molecule has 1 aliphatic carbocycles. The first kappa shape index (κ1) is 13.3. The summed E-state index contributed by atoms with van der Waals surface area (Å²) in [4.78, 5) is 2.50. The highest BCUT2D eigenvalue weighted by Crippen LogP contribution is 2.39. The van der Waals surface area contributed by atoms with E-state index in [0.717, 1.165) is 24.2 Å². The van der Waals surface area contributed by atoms with E-state index in [1.807, 2.05) is 6.07 Å². The highest BCUT2D eigenvalue weighted by Gasteiger charge is 2.34. The number of para-hydroxylation sites is 1. The lowest BCUT2D eigenvalue weighted by atomic mass is 10.0. The van der Waals surface area contributed by atoms with Gasteiger partial charge in [0.2, 0.25) is 0 Å². The Bertz CT molecular complexity index is 466. The Labute approximate surface area is 121 Å². The maximum atomic E-state index is 6.50. The summed E-state index contributed by atoms with van der Waals surface area (Å²) in [5.74, 6) is 0. The molecule has 2 fully saturated rings. The van der Waals surface area contributed by atoms with Crippen LogP contribution in [0.4, 0.5) is 5.69 Å². The summed E-state index contributed by atoms with van der Waals surface area (Å²) in [6.45, 7) is 6.70. The van der Waals surface area contributed by atoms with Gasteiger partial charge in [0.1, 0.15) is 0 Å². The zero-order chi connectivity index (χ0) is 13.5. The summed E-state index contributed by atoms with van der Waals surface area (Å²) in [5, 5.41) is 4.50. The van der Waals surface area contributed by atoms with Crippen molar-refractivity contribution in [3.8, 4) is 0 Å². The Hall–Kier alpha value is -0.730. The maximum absolute atomic E-state index is 6.50. The third-order valence-corrected chi connectivity index (χ3v) is 4.70. The van der Waals surface area contributed by atoms with E-state index < -0.39 is 0 Å². The van der Waals surface area contributed by atoms with Gasteiger partial charge in [-0.1, -0.05) is 23.7 Å². The molecule has 1 N–H and O–H groups in total. The Balaban J connectivity index is 1.89. The normalized spacial score (nSPS) is 21.9. The third kappa shape index (κ3) is 2.75. The standard InChI is InChI=1S/C16H23ClN2/c1-16(2)9-4-10-19(16)15-12(5-3-6-14(15)17)11-18-13-7-8-13/h3,5-6,13,18H,4,7-11H2,1-2H3. The van der Waals surface area contributed by atoms with Crippen LogP contribution in [0.2, 0.25) is 5.02 Å². The van der Waals surface area contributed by atoms with Gasteiger partial charge in [-0.15, -0.1) is 0 Å². The topological polar surface area (TPSA) is 15.3 Å². The Morgan fingerprint density at radius 2 is 2.16 bits per heavy atom. The van der Waals surface area contributed by atoms with Gasteiger partial charge in [-0.3, -0.25) is 0 Å². The van der Waals surface area contributed by atoms with Crippen LogP contribution in [0.1, 0.15) is 45.1 Å². The van der Waals surface area contributed by atoms with Crippen molar-refractivity contribution in [1.82, 2.24) is 5.32 Å². The molecular formula is C16H23ClN2. The van der Waals surface area contributed by atoms with E-state index in [1.54, 1.807) is 0 Å². The molecule has 3 rings (SSSR count). The Morgan fingerprint density at radius 1 is 1.37 bits per heavy atom. The first-order chi connectivity index (χ1) is 9.08. The molecule has 1 saturated heterocycles. The van der Waals surface area contributed by atoms with Gasteiger partial charge in [0, 0.05) is 24.7 Å². The number of anilines is 1. The van der Waals surface area contributed by atoms with Crippen LogP contribution < -0.4 is 10.2 Å². The molecule has 0 amide bonds. The van der Waals surface area contributed by atoms with Gasteiger partial charge in [-0.05, 0) is 51.2 Å². The van der Waals surface area contributed by atoms with E-state index in [4.69, 9.17) is 11.6 Å². The van der Waals surface area contributed by atoms with Crippen LogP contribution in [0.25, 0.3) is 0 Å². The van der Waals surface area contributed by atoms with Gasteiger partial charge < -0.3 is 10.2 Å². The minimum Gasteiger partial charge on any atom is -0.365 e. The molecule has 1 aromatic carbocycles. The molecule has 1 heterocycles. The molecular weight excluding hydrogens is 256 g/mol. The van der Waals surface area contributed by atoms with E-state index in [-0.39, 0.29) is 5.54 Å². The Morgan fingerprint density at radius 3 is 2.79 bits per heavy atom. The van der Waals surface area contributed by atoms with Crippen molar-refractivity contribution in [2.24, 2.45) is 0 Å². The van der Waals surface area contributed by atoms with E-state index in [9.17, 15) is 0 Å². The number of nitrogens with zero attached hydrogens (tertiary/aromatic N) is 1. The SMILES string of the molecule is CC1(C)CCCN1c1c(Cl)cccc1CNC1CC1. The molecule has 104 valence electrons. The van der Waals surface area contributed by atoms with Crippen LogP contribution in [-0.4, -0.2) is 18.1 Å². The molecule has 2 aliphatic rings. The van der Waals surface area contributed by atoms with Gasteiger partial charge in [0.15, 0.2) is 0 Å². The fourth-order valence-electron chi connectivity index (χ4n) is 3.07. The number of hydrogen-bond donors (Lipinski definition) is 1. The largest absolute Gasteiger partial charge is 0.365 e. The Kier molecular flexibility index (Phi) is 3.48. The predicted octanol–water partition coefficient (Wildman–Crippen LogP) is 3.97. The molecule has 0 radical (unpaired) electrons. The van der Waals surface area contributed by atoms with Crippen LogP contribution in [0.5, 0.6) is 0 Å². The van der Waals surface area contributed by atoms with Crippen molar-refractivity contribution in [1.29, 1.82) is 0 Å². The number of benzene rings is 1. The van der Waals surface area contributed by atoms with Gasteiger partial charge in [-0.2, -0.15) is 0 Å². The fraction of sp³-hybridized carbons (Fsp3) is 0.625. The van der Waals surface area contributed by atoms with Gasteiger partial charge >= 0.3 is 0 Å². The second-order valence-corrected chi connectivity index (χ2v) is 6.88.